The molecular weight excluding hydrogens is 350 g/mol. The third-order valence-electron chi connectivity index (χ3n) is 3.91. The first kappa shape index (κ1) is 17.8. The van der Waals surface area contributed by atoms with Gasteiger partial charge in [0.25, 0.3) is 5.91 Å². The van der Waals surface area contributed by atoms with E-state index in [1.165, 1.54) is 0 Å². The smallest absolute Gasteiger partial charge is 0.271 e. The van der Waals surface area contributed by atoms with Crippen molar-refractivity contribution in [2.24, 2.45) is 5.10 Å². The second kappa shape index (κ2) is 7.89. The van der Waals surface area contributed by atoms with Crippen molar-refractivity contribution in [3.8, 4) is 11.4 Å². The van der Waals surface area contributed by atoms with Gasteiger partial charge in [0.05, 0.1) is 19.0 Å². The number of aryl methyl sites for hydroxylation is 1. The number of rotatable bonds is 5. The fraction of sp³-hybridized carbons (Fsp3) is 0.100. The Balaban J connectivity index is 1.76. The SMILES string of the molecule is COc1ccc(-n2c(C)ccc2/C=N/NC(=O)c2ccc(Cl)cc2)cc1. The summed E-state index contributed by atoms with van der Waals surface area (Å²) >= 11 is 5.83. The summed E-state index contributed by atoms with van der Waals surface area (Å²) in [5.41, 5.74) is 5.91. The van der Waals surface area contributed by atoms with Crippen LogP contribution in [-0.2, 0) is 0 Å². The second-order valence-electron chi connectivity index (χ2n) is 5.64. The number of hydrazone groups is 1. The zero-order valence-corrected chi connectivity index (χ0v) is 15.2. The molecule has 132 valence electrons. The van der Waals surface area contributed by atoms with Gasteiger partial charge in [0.2, 0.25) is 0 Å². The van der Waals surface area contributed by atoms with Crippen molar-refractivity contribution in [3.63, 3.8) is 0 Å². The van der Waals surface area contributed by atoms with Gasteiger partial charge in [0, 0.05) is 22.0 Å². The number of carbonyl (C=O) groups excluding carboxylic acids is 1. The molecule has 0 unspecified atom stereocenters. The molecule has 0 bridgehead atoms. The maximum Gasteiger partial charge on any atom is 0.271 e. The van der Waals surface area contributed by atoms with E-state index in [2.05, 4.69) is 10.5 Å². The Morgan fingerprint density at radius 3 is 2.42 bits per heavy atom. The van der Waals surface area contributed by atoms with E-state index >= 15 is 0 Å². The van der Waals surface area contributed by atoms with Gasteiger partial charge >= 0.3 is 0 Å². The standard InChI is InChI=1S/C20H18ClN3O2/c1-14-3-8-18(24(14)17-9-11-19(26-2)12-10-17)13-22-23-20(25)15-4-6-16(21)7-5-15/h3-13H,1-2H3,(H,23,25)/b22-13+. The zero-order chi connectivity index (χ0) is 18.5. The maximum atomic E-state index is 12.1. The van der Waals surface area contributed by atoms with Gasteiger partial charge in [-0.05, 0) is 67.6 Å². The number of hydrogen-bond acceptors (Lipinski definition) is 3. The van der Waals surface area contributed by atoms with Crippen molar-refractivity contribution in [2.75, 3.05) is 7.11 Å². The molecule has 1 amide bonds. The number of ether oxygens (including phenoxy) is 1. The number of nitrogens with zero attached hydrogens (tertiary/aromatic N) is 2. The molecule has 0 aliphatic rings. The number of methoxy groups -OCH3 is 1. The topological polar surface area (TPSA) is 55.6 Å². The number of nitrogens with one attached hydrogen (secondary N) is 1. The second-order valence-corrected chi connectivity index (χ2v) is 6.08. The van der Waals surface area contributed by atoms with Crippen LogP contribution in [0.15, 0.2) is 65.8 Å². The van der Waals surface area contributed by atoms with Crippen molar-refractivity contribution in [3.05, 3.63) is 82.6 Å². The van der Waals surface area contributed by atoms with E-state index in [1.54, 1.807) is 37.6 Å². The summed E-state index contributed by atoms with van der Waals surface area (Å²) in [7, 11) is 1.64. The molecule has 2 aromatic carbocycles. The number of amides is 1. The van der Waals surface area contributed by atoms with Crippen LogP contribution >= 0.6 is 11.6 Å². The highest BCUT2D eigenvalue weighted by molar-refractivity contribution is 6.30. The van der Waals surface area contributed by atoms with Gasteiger partial charge in [-0.1, -0.05) is 11.6 Å². The molecule has 0 radical (unpaired) electrons. The highest BCUT2D eigenvalue weighted by Gasteiger charge is 2.07. The van der Waals surface area contributed by atoms with Crippen LogP contribution < -0.4 is 10.2 Å². The molecule has 0 saturated carbocycles. The van der Waals surface area contributed by atoms with Crippen LogP contribution in [0.25, 0.3) is 5.69 Å². The normalized spacial score (nSPS) is 10.9. The number of hydrogen-bond donors (Lipinski definition) is 1. The first-order chi connectivity index (χ1) is 12.6. The Morgan fingerprint density at radius 2 is 1.77 bits per heavy atom. The van der Waals surface area contributed by atoms with Crippen molar-refractivity contribution >= 4 is 23.7 Å². The molecule has 1 aromatic heterocycles. The first-order valence-electron chi connectivity index (χ1n) is 8.00. The molecule has 0 atom stereocenters. The minimum Gasteiger partial charge on any atom is -0.497 e. The Kier molecular flexibility index (Phi) is 5.39. The third-order valence-corrected chi connectivity index (χ3v) is 4.16. The molecule has 0 aliphatic carbocycles. The van der Waals surface area contributed by atoms with Crippen molar-refractivity contribution in [2.45, 2.75) is 6.92 Å². The average Bonchev–Trinajstić information content (AvgIpc) is 3.03. The van der Waals surface area contributed by atoms with E-state index in [9.17, 15) is 4.79 Å². The number of carbonyl (C=O) groups is 1. The van der Waals surface area contributed by atoms with Crippen LogP contribution in [0.2, 0.25) is 5.02 Å². The molecule has 3 aromatic rings. The maximum absolute atomic E-state index is 12.1. The lowest BCUT2D eigenvalue weighted by Gasteiger charge is -2.10. The van der Waals surface area contributed by atoms with Crippen LogP contribution in [-0.4, -0.2) is 23.8 Å². The summed E-state index contributed by atoms with van der Waals surface area (Å²) in [4.78, 5) is 12.1. The summed E-state index contributed by atoms with van der Waals surface area (Å²) in [6.45, 7) is 2.01. The van der Waals surface area contributed by atoms with Crippen molar-refractivity contribution in [1.29, 1.82) is 0 Å². The lowest BCUT2D eigenvalue weighted by atomic mass is 10.2. The monoisotopic (exact) mass is 367 g/mol. The Hall–Kier alpha value is -3.05. The largest absolute Gasteiger partial charge is 0.497 e. The summed E-state index contributed by atoms with van der Waals surface area (Å²) in [6, 6.07) is 18.3. The summed E-state index contributed by atoms with van der Waals surface area (Å²) in [5.74, 6) is 0.501. The average molecular weight is 368 g/mol. The van der Waals surface area contributed by atoms with Crippen molar-refractivity contribution < 1.29 is 9.53 Å². The molecule has 6 heteroatoms. The van der Waals surface area contributed by atoms with Crippen LogP contribution in [0.4, 0.5) is 0 Å². The lowest BCUT2D eigenvalue weighted by molar-refractivity contribution is 0.0955. The van der Waals surface area contributed by atoms with Crippen LogP contribution in [0, 0.1) is 6.92 Å². The van der Waals surface area contributed by atoms with Crippen molar-refractivity contribution in [1.82, 2.24) is 9.99 Å². The molecule has 26 heavy (non-hydrogen) atoms. The molecule has 1 N–H and O–H groups in total. The van der Waals surface area contributed by atoms with Gasteiger partial charge in [0.1, 0.15) is 5.75 Å². The number of benzene rings is 2. The van der Waals surface area contributed by atoms with E-state index in [0.717, 1.165) is 22.8 Å². The summed E-state index contributed by atoms with van der Waals surface area (Å²) in [6.07, 6.45) is 1.62. The van der Waals surface area contributed by atoms with E-state index < -0.39 is 0 Å². The van der Waals surface area contributed by atoms with Crippen LogP contribution in [0.3, 0.4) is 0 Å². The predicted molar refractivity (Wildman–Crippen MR) is 104 cm³/mol. The van der Waals surface area contributed by atoms with Gasteiger partial charge in [-0.25, -0.2) is 5.43 Å². The van der Waals surface area contributed by atoms with E-state index in [1.807, 2.05) is 47.9 Å². The third kappa shape index (κ3) is 3.95. The Labute approximate surface area is 156 Å². The molecule has 0 fully saturated rings. The summed E-state index contributed by atoms with van der Waals surface area (Å²) in [5, 5.41) is 4.65. The predicted octanol–water partition coefficient (Wildman–Crippen LogP) is 4.21. The highest BCUT2D eigenvalue weighted by Crippen LogP contribution is 2.19. The first-order valence-corrected chi connectivity index (χ1v) is 8.38. The van der Waals surface area contributed by atoms with Gasteiger partial charge in [-0.3, -0.25) is 4.79 Å². The molecule has 5 nitrogen and oxygen atoms in total. The molecule has 0 aliphatic heterocycles. The zero-order valence-electron chi connectivity index (χ0n) is 14.4. The quantitative estimate of drug-likeness (QED) is 0.542. The van der Waals surface area contributed by atoms with E-state index in [4.69, 9.17) is 16.3 Å². The number of aromatic nitrogens is 1. The van der Waals surface area contributed by atoms with E-state index in [-0.39, 0.29) is 5.91 Å². The fourth-order valence-electron chi connectivity index (χ4n) is 2.57. The van der Waals surface area contributed by atoms with Gasteiger partial charge in [-0.2, -0.15) is 5.10 Å². The Morgan fingerprint density at radius 1 is 1.08 bits per heavy atom. The van der Waals surface area contributed by atoms with Crippen LogP contribution in [0.1, 0.15) is 21.7 Å². The molecule has 0 saturated heterocycles. The van der Waals surface area contributed by atoms with Gasteiger partial charge in [-0.15, -0.1) is 0 Å². The van der Waals surface area contributed by atoms with Gasteiger partial charge < -0.3 is 9.30 Å². The molecular formula is C20H18ClN3O2. The minimum atomic E-state index is -0.294. The fourth-order valence-corrected chi connectivity index (χ4v) is 2.69. The minimum absolute atomic E-state index is 0.294. The van der Waals surface area contributed by atoms with Crippen LogP contribution in [0.5, 0.6) is 5.75 Å². The number of halogens is 1. The lowest BCUT2D eigenvalue weighted by Crippen LogP contribution is -2.17. The van der Waals surface area contributed by atoms with E-state index in [0.29, 0.717) is 10.6 Å². The molecule has 3 rings (SSSR count). The highest BCUT2D eigenvalue weighted by atomic mass is 35.5. The molecule has 1 heterocycles. The molecule has 0 spiro atoms. The summed E-state index contributed by atoms with van der Waals surface area (Å²) < 4.78 is 7.24. The van der Waals surface area contributed by atoms with Gasteiger partial charge in [0.15, 0.2) is 0 Å². The Bertz CT molecular complexity index is 929.